The maximum atomic E-state index is 13.0. The van der Waals surface area contributed by atoms with E-state index in [9.17, 15) is 4.79 Å². The molecule has 6 heteroatoms. The minimum absolute atomic E-state index is 0.162. The van der Waals surface area contributed by atoms with E-state index in [1.165, 1.54) is 5.39 Å². The molecule has 2 saturated heterocycles. The summed E-state index contributed by atoms with van der Waals surface area (Å²) in [5.41, 5.74) is 0.798. The predicted octanol–water partition coefficient (Wildman–Crippen LogP) is 4.44. The van der Waals surface area contributed by atoms with Crippen LogP contribution in [0.4, 0.5) is 0 Å². The van der Waals surface area contributed by atoms with Gasteiger partial charge < -0.3 is 9.64 Å². The molecule has 1 amide bonds. The molecule has 3 heterocycles. The number of fused-ring (bicyclic) bond motifs is 1. The minimum Gasteiger partial charge on any atom is -0.467 e. The maximum Gasteiger partial charge on any atom is 0.273 e. The van der Waals surface area contributed by atoms with Gasteiger partial charge in [0, 0.05) is 49.4 Å². The summed E-state index contributed by atoms with van der Waals surface area (Å²) in [5.74, 6) is 0.162. The van der Waals surface area contributed by atoms with Crippen LogP contribution in [0.3, 0.4) is 0 Å². The number of aromatic nitrogens is 1. The fourth-order valence-electron chi connectivity index (χ4n) is 4.71. The van der Waals surface area contributed by atoms with Crippen LogP contribution in [0, 0.1) is 0 Å². The molecule has 2 aliphatic rings. The highest BCUT2D eigenvalue weighted by Crippen LogP contribution is 2.26. The molecule has 30 heavy (non-hydrogen) atoms. The molecule has 3 aromatic rings. The summed E-state index contributed by atoms with van der Waals surface area (Å²) in [6.07, 6.45) is 6.28. The second-order valence-electron chi connectivity index (χ2n) is 8.24. The summed E-state index contributed by atoms with van der Waals surface area (Å²) in [4.78, 5) is 21.9. The second kappa shape index (κ2) is 8.74. The molecule has 0 saturated carbocycles. The quantitative estimate of drug-likeness (QED) is 0.625. The van der Waals surface area contributed by atoms with Crippen molar-refractivity contribution in [1.82, 2.24) is 14.8 Å². The molecule has 5 nitrogen and oxygen atoms in total. The highest BCUT2D eigenvalue weighted by molar-refractivity contribution is 7.11. The van der Waals surface area contributed by atoms with Crippen LogP contribution in [-0.4, -0.2) is 59.0 Å². The molecule has 0 spiro atoms. The van der Waals surface area contributed by atoms with Gasteiger partial charge in [0.05, 0.1) is 0 Å². The highest BCUT2D eigenvalue weighted by atomic mass is 32.1. The van der Waals surface area contributed by atoms with E-state index in [4.69, 9.17) is 4.74 Å². The lowest BCUT2D eigenvalue weighted by atomic mass is 9.98. The fourth-order valence-corrected chi connectivity index (χ4v) is 5.26. The lowest BCUT2D eigenvalue weighted by molar-refractivity contribution is 0.0425. The Morgan fingerprint density at radius 1 is 0.967 bits per heavy atom. The van der Waals surface area contributed by atoms with Crippen molar-refractivity contribution in [3.05, 3.63) is 59.6 Å². The van der Waals surface area contributed by atoms with Crippen molar-refractivity contribution in [3.8, 4) is 5.19 Å². The normalized spacial score (nSPS) is 19.3. The Kier molecular flexibility index (Phi) is 5.69. The second-order valence-corrected chi connectivity index (χ2v) is 9.09. The number of amides is 1. The van der Waals surface area contributed by atoms with E-state index in [-0.39, 0.29) is 12.0 Å². The number of nitrogens with zero attached hydrogens (tertiary/aromatic N) is 3. The largest absolute Gasteiger partial charge is 0.467 e. The third-order valence-electron chi connectivity index (χ3n) is 6.42. The van der Waals surface area contributed by atoms with Gasteiger partial charge in [-0.25, -0.2) is 4.98 Å². The predicted molar refractivity (Wildman–Crippen MR) is 120 cm³/mol. The first-order chi connectivity index (χ1) is 14.8. The van der Waals surface area contributed by atoms with Crippen molar-refractivity contribution < 1.29 is 9.53 Å². The molecular weight excluding hydrogens is 394 g/mol. The first kappa shape index (κ1) is 19.5. The summed E-state index contributed by atoms with van der Waals surface area (Å²) in [5, 5.41) is 5.04. The number of benzene rings is 2. The van der Waals surface area contributed by atoms with Crippen LogP contribution in [0.15, 0.2) is 54.0 Å². The molecule has 0 aliphatic carbocycles. The molecule has 2 aromatic carbocycles. The van der Waals surface area contributed by atoms with Gasteiger partial charge in [0.1, 0.15) is 6.10 Å². The third kappa shape index (κ3) is 4.20. The van der Waals surface area contributed by atoms with E-state index >= 15 is 0 Å². The van der Waals surface area contributed by atoms with Crippen molar-refractivity contribution in [3.63, 3.8) is 0 Å². The minimum atomic E-state index is 0.162. The number of likely N-dealkylation sites (tertiary alicyclic amines) is 2. The average Bonchev–Trinajstić information content (AvgIpc) is 3.32. The molecule has 5 rings (SSSR count). The lowest BCUT2D eigenvalue weighted by Crippen LogP contribution is -2.50. The van der Waals surface area contributed by atoms with Crippen LogP contribution in [0.25, 0.3) is 10.8 Å². The Morgan fingerprint density at radius 3 is 2.47 bits per heavy atom. The highest BCUT2D eigenvalue weighted by Gasteiger charge is 2.30. The molecular formula is C24H27N3O2S. The van der Waals surface area contributed by atoms with E-state index in [0.717, 1.165) is 68.0 Å². The summed E-state index contributed by atoms with van der Waals surface area (Å²) in [6.45, 7) is 3.82. The van der Waals surface area contributed by atoms with E-state index in [1.807, 2.05) is 40.6 Å². The molecule has 1 aromatic heterocycles. The first-order valence-corrected chi connectivity index (χ1v) is 11.7. The Bertz CT molecular complexity index is 991. The Hall–Kier alpha value is -2.44. The van der Waals surface area contributed by atoms with Crippen LogP contribution >= 0.6 is 11.3 Å². The van der Waals surface area contributed by atoms with Gasteiger partial charge >= 0.3 is 0 Å². The lowest BCUT2D eigenvalue weighted by Gasteiger charge is -2.41. The molecule has 0 bridgehead atoms. The fraction of sp³-hybridized carbons (Fsp3) is 0.417. The molecule has 2 aliphatic heterocycles. The van der Waals surface area contributed by atoms with Gasteiger partial charge in [0.2, 0.25) is 0 Å². The number of carbonyl (C=O) groups is 1. The van der Waals surface area contributed by atoms with Crippen molar-refractivity contribution in [2.75, 3.05) is 26.2 Å². The summed E-state index contributed by atoms with van der Waals surface area (Å²) >= 11 is 1.56. The number of ether oxygens (including phenoxy) is 1. The number of thiazole rings is 1. The van der Waals surface area contributed by atoms with E-state index < -0.39 is 0 Å². The monoisotopic (exact) mass is 421 g/mol. The van der Waals surface area contributed by atoms with Crippen LogP contribution in [0.1, 0.15) is 36.0 Å². The van der Waals surface area contributed by atoms with Gasteiger partial charge in [-0.2, -0.15) is 0 Å². The molecule has 2 fully saturated rings. The van der Waals surface area contributed by atoms with Gasteiger partial charge in [-0.05, 0) is 48.6 Å². The van der Waals surface area contributed by atoms with Crippen LogP contribution in [-0.2, 0) is 0 Å². The van der Waals surface area contributed by atoms with Gasteiger partial charge in [0.15, 0.2) is 0 Å². The Morgan fingerprint density at radius 2 is 1.73 bits per heavy atom. The standard InChI is InChI=1S/C24H27N3O2S/c28-23(20-6-5-18-3-1-2-4-19(18)17-20)27-12-7-21(8-13-27)26-14-9-22(10-15-26)29-24-25-11-16-30-24/h1-6,11,16-17,21-22H,7-10,12-15H2. The zero-order chi connectivity index (χ0) is 20.3. The topological polar surface area (TPSA) is 45.7 Å². The number of hydrogen-bond donors (Lipinski definition) is 0. The summed E-state index contributed by atoms with van der Waals surface area (Å²) in [6, 6.07) is 14.8. The maximum absolute atomic E-state index is 13.0. The Balaban J connectivity index is 1.13. The number of rotatable bonds is 4. The number of hydrogen-bond acceptors (Lipinski definition) is 5. The van der Waals surface area contributed by atoms with Crippen LogP contribution in [0.5, 0.6) is 5.19 Å². The summed E-state index contributed by atoms with van der Waals surface area (Å²) in [7, 11) is 0. The average molecular weight is 422 g/mol. The van der Waals surface area contributed by atoms with E-state index in [2.05, 4.69) is 22.0 Å². The smallest absolute Gasteiger partial charge is 0.273 e. The number of carbonyl (C=O) groups excluding carboxylic acids is 1. The molecule has 156 valence electrons. The van der Waals surface area contributed by atoms with Crippen molar-refractivity contribution in [2.24, 2.45) is 0 Å². The molecule has 0 N–H and O–H groups in total. The van der Waals surface area contributed by atoms with Crippen molar-refractivity contribution in [1.29, 1.82) is 0 Å². The van der Waals surface area contributed by atoms with Crippen molar-refractivity contribution in [2.45, 2.75) is 37.8 Å². The Labute approximate surface area is 181 Å². The molecule has 0 unspecified atom stereocenters. The van der Waals surface area contributed by atoms with Gasteiger partial charge in [-0.3, -0.25) is 9.69 Å². The zero-order valence-corrected chi connectivity index (χ0v) is 17.9. The first-order valence-electron chi connectivity index (χ1n) is 10.8. The van der Waals surface area contributed by atoms with Gasteiger partial charge in [0.25, 0.3) is 11.1 Å². The number of piperidine rings is 2. The zero-order valence-electron chi connectivity index (χ0n) is 17.1. The van der Waals surface area contributed by atoms with Gasteiger partial charge in [-0.1, -0.05) is 41.7 Å². The van der Waals surface area contributed by atoms with E-state index in [0.29, 0.717) is 6.04 Å². The van der Waals surface area contributed by atoms with Crippen molar-refractivity contribution >= 4 is 28.0 Å². The molecule has 0 atom stereocenters. The third-order valence-corrected chi connectivity index (χ3v) is 7.08. The SMILES string of the molecule is O=C(c1ccc2ccccc2c1)N1CCC(N2CCC(Oc3nccs3)CC2)CC1. The van der Waals surface area contributed by atoms with Crippen LogP contribution < -0.4 is 4.74 Å². The van der Waals surface area contributed by atoms with Gasteiger partial charge in [-0.15, -0.1) is 0 Å². The van der Waals surface area contributed by atoms with E-state index in [1.54, 1.807) is 17.5 Å². The molecule has 0 radical (unpaired) electrons. The van der Waals surface area contributed by atoms with Crippen LogP contribution in [0.2, 0.25) is 0 Å². The summed E-state index contributed by atoms with van der Waals surface area (Å²) < 4.78 is 5.99.